The van der Waals surface area contributed by atoms with Crippen molar-refractivity contribution in [1.82, 2.24) is 9.80 Å². The third-order valence-corrected chi connectivity index (χ3v) is 4.03. The highest BCUT2D eigenvalue weighted by Crippen LogP contribution is 2.16. The van der Waals surface area contributed by atoms with Crippen molar-refractivity contribution in [3.05, 3.63) is 35.4 Å². The highest BCUT2D eigenvalue weighted by molar-refractivity contribution is 5.28. The molecule has 2 heterocycles. The van der Waals surface area contributed by atoms with Crippen LogP contribution in [-0.4, -0.2) is 56.2 Å². The molecule has 3 rings (SSSR count). The summed E-state index contributed by atoms with van der Waals surface area (Å²) in [4.78, 5) is 4.72. The van der Waals surface area contributed by atoms with Crippen molar-refractivity contribution in [2.75, 3.05) is 40.3 Å². The van der Waals surface area contributed by atoms with Gasteiger partial charge in [-0.15, -0.1) is 0 Å². The highest BCUT2D eigenvalue weighted by Gasteiger charge is 2.23. The van der Waals surface area contributed by atoms with Gasteiger partial charge in [-0.1, -0.05) is 31.2 Å². The maximum absolute atomic E-state index is 5.08. The standard InChI is InChI=1S/C10H13N.C6H13NO/c1-11-7-6-9-4-2-3-5-10(9)8-11;1-3-7-4-6(5-7)8-2/h2-5H,6-8H2,1H3;6H,3-5H2,1-2H3. The molecule has 2 aliphatic rings. The zero-order chi connectivity index (χ0) is 13.7. The third kappa shape index (κ3) is 4.03. The van der Waals surface area contributed by atoms with E-state index in [1.54, 1.807) is 7.11 Å². The molecule has 2 aliphatic heterocycles. The lowest BCUT2D eigenvalue weighted by molar-refractivity contribution is -0.0264. The molecule has 0 unspecified atom stereocenters. The number of rotatable bonds is 2. The fourth-order valence-corrected chi connectivity index (χ4v) is 2.57. The molecule has 1 fully saturated rings. The molecule has 1 aromatic carbocycles. The van der Waals surface area contributed by atoms with Crippen LogP contribution in [0, 0.1) is 0 Å². The summed E-state index contributed by atoms with van der Waals surface area (Å²) in [5, 5.41) is 0. The number of ether oxygens (including phenoxy) is 1. The molecule has 19 heavy (non-hydrogen) atoms. The second kappa shape index (κ2) is 7.04. The summed E-state index contributed by atoms with van der Waals surface area (Å²) < 4.78 is 5.08. The maximum atomic E-state index is 5.08. The van der Waals surface area contributed by atoms with Crippen LogP contribution in [0.3, 0.4) is 0 Å². The molecule has 0 spiro atoms. The van der Waals surface area contributed by atoms with E-state index >= 15 is 0 Å². The van der Waals surface area contributed by atoms with E-state index in [2.05, 4.69) is 48.0 Å². The van der Waals surface area contributed by atoms with Crippen molar-refractivity contribution < 1.29 is 4.74 Å². The third-order valence-electron chi connectivity index (χ3n) is 4.03. The number of hydrogen-bond acceptors (Lipinski definition) is 3. The fraction of sp³-hybridized carbons (Fsp3) is 0.625. The van der Waals surface area contributed by atoms with E-state index in [-0.39, 0.29) is 0 Å². The van der Waals surface area contributed by atoms with E-state index < -0.39 is 0 Å². The first kappa shape index (κ1) is 14.5. The lowest BCUT2D eigenvalue weighted by Gasteiger charge is -2.37. The normalized spacial score (nSPS) is 20.2. The van der Waals surface area contributed by atoms with E-state index in [1.165, 1.54) is 30.6 Å². The zero-order valence-electron chi connectivity index (χ0n) is 12.4. The van der Waals surface area contributed by atoms with Crippen molar-refractivity contribution in [2.24, 2.45) is 0 Å². The van der Waals surface area contributed by atoms with Crippen molar-refractivity contribution >= 4 is 0 Å². The van der Waals surface area contributed by atoms with Gasteiger partial charge in [0.15, 0.2) is 0 Å². The Kier molecular flexibility index (Phi) is 5.37. The van der Waals surface area contributed by atoms with Gasteiger partial charge >= 0.3 is 0 Å². The Morgan fingerprint density at radius 1 is 1.21 bits per heavy atom. The Hall–Kier alpha value is -0.900. The number of benzene rings is 1. The summed E-state index contributed by atoms with van der Waals surface area (Å²) >= 11 is 0. The second-order valence-corrected chi connectivity index (χ2v) is 5.47. The molecule has 0 bridgehead atoms. The Balaban J connectivity index is 0.000000148. The number of likely N-dealkylation sites (N-methyl/N-ethyl adjacent to an activating group) is 2. The van der Waals surface area contributed by atoms with E-state index in [4.69, 9.17) is 4.74 Å². The van der Waals surface area contributed by atoms with Crippen LogP contribution in [0.5, 0.6) is 0 Å². The number of methoxy groups -OCH3 is 1. The first-order valence-electron chi connectivity index (χ1n) is 7.23. The Morgan fingerprint density at radius 2 is 1.89 bits per heavy atom. The first-order chi connectivity index (χ1) is 9.22. The van der Waals surface area contributed by atoms with Crippen LogP contribution < -0.4 is 0 Å². The Bertz CT molecular complexity index is 380. The quantitative estimate of drug-likeness (QED) is 0.811. The SMILES string of the molecule is CCN1CC(OC)C1.CN1CCc2ccccc2C1. The molecule has 1 aromatic rings. The molecule has 0 amide bonds. The minimum absolute atomic E-state index is 0.523. The van der Waals surface area contributed by atoms with Gasteiger partial charge in [0.2, 0.25) is 0 Å². The van der Waals surface area contributed by atoms with Gasteiger partial charge in [-0.3, -0.25) is 4.90 Å². The van der Waals surface area contributed by atoms with Gasteiger partial charge in [-0.05, 0) is 31.1 Å². The predicted molar refractivity (Wildman–Crippen MR) is 79.4 cm³/mol. The molecule has 0 aromatic heterocycles. The maximum Gasteiger partial charge on any atom is 0.0824 e. The van der Waals surface area contributed by atoms with Crippen LogP contribution in [0.1, 0.15) is 18.1 Å². The van der Waals surface area contributed by atoms with Crippen LogP contribution in [0.2, 0.25) is 0 Å². The van der Waals surface area contributed by atoms with Gasteiger partial charge in [0.25, 0.3) is 0 Å². The second-order valence-electron chi connectivity index (χ2n) is 5.47. The Labute approximate surface area is 117 Å². The summed E-state index contributed by atoms with van der Waals surface area (Å²) in [7, 11) is 3.95. The fourth-order valence-electron chi connectivity index (χ4n) is 2.57. The average molecular weight is 262 g/mol. The van der Waals surface area contributed by atoms with E-state index in [9.17, 15) is 0 Å². The molecule has 0 radical (unpaired) electrons. The summed E-state index contributed by atoms with van der Waals surface area (Å²) in [5.41, 5.74) is 3.03. The smallest absolute Gasteiger partial charge is 0.0824 e. The van der Waals surface area contributed by atoms with Crippen molar-refractivity contribution in [3.8, 4) is 0 Å². The lowest BCUT2D eigenvalue weighted by Crippen LogP contribution is -2.51. The summed E-state index contributed by atoms with van der Waals surface area (Å²) in [6, 6.07) is 8.72. The van der Waals surface area contributed by atoms with Crippen molar-refractivity contribution in [2.45, 2.75) is 26.0 Å². The zero-order valence-corrected chi connectivity index (χ0v) is 12.4. The summed E-state index contributed by atoms with van der Waals surface area (Å²) in [6.45, 7) is 7.93. The largest absolute Gasteiger partial charge is 0.379 e. The molecule has 1 saturated heterocycles. The predicted octanol–water partition coefficient (Wildman–Crippen LogP) is 2.01. The molecular formula is C16H26N2O. The van der Waals surface area contributed by atoms with Crippen LogP contribution in [0.15, 0.2) is 24.3 Å². The van der Waals surface area contributed by atoms with Gasteiger partial charge in [0.1, 0.15) is 0 Å². The molecule has 106 valence electrons. The number of fused-ring (bicyclic) bond motifs is 1. The molecule has 0 aliphatic carbocycles. The first-order valence-corrected chi connectivity index (χ1v) is 7.23. The van der Waals surface area contributed by atoms with Gasteiger partial charge in [0.05, 0.1) is 6.10 Å². The topological polar surface area (TPSA) is 15.7 Å². The number of nitrogens with zero attached hydrogens (tertiary/aromatic N) is 2. The monoisotopic (exact) mass is 262 g/mol. The molecule has 3 nitrogen and oxygen atoms in total. The van der Waals surface area contributed by atoms with Crippen LogP contribution in [-0.2, 0) is 17.7 Å². The average Bonchev–Trinajstić information content (AvgIpc) is 2.39. The minimum Gasteiger partial charge on any atom is -0.379 e. The van der Waals surface area contributed by atoms with Crippen LogP contribution in [0.4, 0.5) is 0 Å². The highest BCUT2D eigenvalue weighted by atomic mass is 16.5. The van der Waals surface area contributed by atoms with Crippen LogP contribution >= 0.6 is 0 Å². The van der Waals surface area contributed by atoms with Gasteiger partial charge in [-0.2, -0.15) is 0 Å². The van der Waals surface area contributed by atoms with E-state index in [0.717, 1.165) is 19.6 Å². The summed E-state index contributed by atoms with van der Waals surface area (Å²) in [5.74, 6) is 0. The Morgan fingerprint density at radius 3 is 2.53 bits per heavy atom. The van der Waals surface area contributed by atoms with Gasteiger partial charge in [0, 0.05) is 33.3 Å². The molecule has 3 heteroatoms. The van der Waals surface area contributed by atoms with Gasteiger partial charge in [-0.25, -0.2) is 0 Å². The van der Waals surface area contributed by atoms with Crippen LogP contribution in [0.25, 0.3) is 0 Å². The lowest BCUT2D eigenvalue weighted by atomic mass is 10.0. The molecule has 0 atom stereocenters. The minimum atomic E-state index is 0.523. The van der Waals surface area contributed by atoms with E-state index in [0.29, 0.717) is 6.10 Å². The van der Waals surface area contributed by atoms with E-state index in [1.807, 2.05) is 0 Å². The number of hydrogen-bond donors (Lipinski definition) is 0. The summed E-state index contributed by atoms with van der Waals surface area (Å²) in [6.07, 6.45) is 1.74. The molecule has 0 saturated carbocycles. The number of likely N-dealkylation sites (tertiary alicyclic amines) is 1. The van der Waals surface area contributed by atoms with Crippen molar-refractivity contribution in [1.29, 1.82) is 0 Å². The molecular weight excluding hydrogens is 236 g/mol. The molecule has 0 N–H and O–H groups in total. The van der Waals surface area contributed by atoms with Crippen molar-refractivity contribution in [3.63, 3.8) is 0 Å². The van der Waals surface area contributed by atoms with Gasteiger partial charge < -0.3 is 9.64 Å².